The SMILES string of the molecule is C=C/C=C/C=C/C=C1\Cc2c(C)c(C)c(C)c(C)c2N1C. The molecule has 1 aromatic rings. The highest BCUT2D eigenvalue weighted by Crippen LogP contribution is 2.41. The topological polar surface area (TPSA) is 3.24 Å². The van der Waals surface area contributed by atoms with Crippen molar-refractivity contribution in [2.45, 2.75) is 34.1 Å². The fraction of sp³-hybridized carbons (Fsp3) is 0.300. The Morgan fingerprint density at radius 2 is 1.48 bits per heavy atom. The molecular weight excluding hydrogens is 254 g/mol. The van der Waals surface area contributed by atoms with E-state index in [1.54, 1.807) is 6.08 Å². The molecule has 1 heteroatoms. The fourth-order valence-electron chi connectivity index (χ4n) is 3.03. The van der Waals surface area contributed by atoms with Crippen LogP contribution in [0.15, 0.2) is 48.7 Å². The standard InChI is InChI=1S/C20H25N/c1-7-8-9-10-11-12-18-13-19-16(4)14(2)15(3)17(5)20(19)21(18)6/h7-12H,1,13H2,2-6H3/b9-8+,11-10+,18-12+. The monoisotopic (exact) mass is 279 g/mol. The van der Waals surface area contributed by atoms with Crippen LogP contribution in [0.2, 0.25) is 0 Å². The van der Waals surface area contributed by atoms with Gasteiger partial charge in [-0.05, 0) is 61.6 Å². The lowest BCUT2D eigenvalue weighted by atomic mass is 9.92. The van der Waals surface area contributed by atoms with Crippen LogP contribution >= 0.6 is 0 Å². The largest absolute Gasteiger partial charge is 0.347 e. The summed E-state index contributed by atoms with van der Waals surface area (Å²) in [5.74, 6) is 0. The van der Waals surface area contributed by atoms with Gasteiger partial charge in [-0.3, -0.25) is 0 Å². The molecule has 0 saturated heterocycles. The van der Waals surface area contributed by atoms with Crippen molar-refractivity contribution in [1.29, 1.82) is 0 Å². The molecule has 0 aliphatic carbocycles. The summed E-state index contributed by atoms with van der Waals surface area (Å²) >= 11 is 0. The average molecular weight is 279 g/mol. The lowest BCUT2D eigenvalue weighted by Gasteiger charge is -2.20. The maximum Gasteiger partial charge on any atom is 0.0477 e. The number of rotatable bonds is 3. The summed E-state index contributed by atoms with van der Waals surface area (Å²) in [6.45, 7) is 12.6. The van der Waals surface area contributed by atoms with Gasteiger partial charge < -0.3 is 4.90 Å². The smallest absolute Gasteiger partial charge is 0.0477 e. The van der Waals surface area contributed by atoms with Gasteiger partial charge in [0.2, 0.25) is 0 Å². The molecule has 0 aromatic heterocycles. The Balaban J connectivity index is 2.39. The van der Waals surface area contributed by atoms with Crippen molar-refractivity contribution in [1.82, 2.24) is 0 Å². The van der Waals surface area contributed by atoms with E-state index in [4.69, 9.17) is 0 Å². The van der Waals surface area contributed by atoms with Crippen LogP contribution in [-0.4, -0.2) is 7.05 Å². The molecule has 0 atom stereocenters. The van der Waals surface area contributed by atoms with Gasteiger partial charge >= 0.3 is 0 Å². The number of anilines is 1. The van der Waals surface area contributed by atoms with Gasteiger partial charge in [-0.15, -0.1) is 0 Å². The zero-order chi connectivity index (χ0) is 15.6. The van der Waals surface area contributed by atoms with E-state index < -0.39 is 0 Å². The van der Waals surface area contributed by atoms with Crippen molar-refractivity contribution in [2.24, 2.45) is 0 Å². The second kappa shape index (κ2) is 6.17. The predicted molar refractivity (Wildman–Crippen MR) is 94.1 cm³/mol. The first-order valence-electron chi connectivity index (χ1n) is 7.47. The molecule has 2 rings (SSSR count). The van der Waals surface area contributed by atoms with Crippen molar-refractivity contribution in [2.75, 3.05) is 11.9 Å². The van der Waals surface area contributed by atoms with Gasteiger partial charge in [-0.25, -0.2) is 0 Å². The minimum atomic E-state index is 1.02. The molecule has 1 aromatic carbocycles. The number of fused-ring (bicyclic) bond motifs is 1. The molecule has 0 spiro atoms. The van der Waals surface area contributed by atoms with Gasteiger partial charge in [0.25, 0.3) is 0 Å². The lowest BCUT2D eigenvalue weighted by molar-refractivity contribution is 1.09. The lowest BCUT2D eigenvalue weighted by Crippen LogP contribution is -2.12. The highest BCUT2D eigenvalue weighted by molar-refractivity contribution is 5.73. The molecule has 1 heterocycles. The Bertz CT molecular complexity index is 657. The van der Waals surface area contributed by atoms with Crippen LogP contribution in [-0.2, 0) is 6.42 Å². The van der Waals surface area contributed by atoms with Crippen LogP contribution in [0.4, 0.5) is 5.69 Å². The Hall–Kier alpha value is -2.02. The van der Waals surface area contributed by atoms with E-state index in [0.717, 1.165) is 6.42 Å². The molecular formula is C20H25N. The third kappa shape index (κ3) is 2.73. The van der Waals surface area contributed by atoms with E-state index in [0.29, 0.717) is 0 Å². The summed E-state index contributed by atoms with van der Waals surface area (Å²) in [5, 5.41) is 0. The number of benzene rings is 1. The molecule has 0 fully saturated rings. The second-order valence-electron chi connectivity index (χ2n) is 5.73. The Morgan fingerprint density at radius 1 is 0.857 bits per heavy atom. The van der Waals surface area contributed by atoms with Gasteiger partial charge in [0.05, 0.1) is 0 Å². The van der Waals surface area contributed by atoms with E-state index in [9.17, 15) is 0 Å². The normalized spacial score (nSPS) is 16.4. The van der Waals surface area contributed by atoms with E-state index >= 15 is 0 Å². The van der Waals surface area contributed by atoms with Crippen molar-refractivity contribution >= 4 is 5.69 Å². The van der Waals surface area contributed by atoms with Crippen molar-refractivity contribution in [3.63, 3.8) is 0 Å². The van der Waals surface area contributed by atoms with Crippen molar-refractivity contribution < 1.29 is 0 Å². The minimum absolute atomic E-state index is 1.02. The molecule has 110 valence electrons. The van der Waals surface area contributed by atoms with Crippen LogP contribution in [0.3, 0.4) is 0 Å². The molecule has 0 N–H and O–H groups in total. The predicted octanol–water partition coefficient (Wildman–Crippen LogP) is 5.09. The number of nitrogens with zero attached hydrogens (tertiary/aromatic N) is 1. The number of allylic oxidation sites excluding steroid dienone is 7. The molecule has 0 radical (unpaired) electrons. The first-order chi connectivity index (χ1) is 9.99. The van der Waals surface area contributed by atoms with E-state index in [2.05, 4.69) is 58.4 Å². The zero-order valence-corrected chi connectivity index (χ0v) is 13.8. The zero-order valence-electron chi connectivity index (χ0n) is 13.8. The Kier molecular flexibility index (Phi) is 4.52. The van der Waals surface area contributed by atoms with Crippen LogP contribution in [0.5, 0.6) is 0 Å². The maximum atomic E-state index is 3.67. The Labute approximate surface area is 129 Å². The van der Waals surface area contributed by atoms with E-state index in [1.165, 1.54) is 39.2 Å². The molecule has 21 heavy (non-hydrogen) atoms. The summed E-state index contributed by atoms with van der Waals surface area (Å²) < 4.78 is 0. The van der Waals surface area contributed by atoms with Crippen molar-refractivity contribution in [3.05, 3.63) is 76.5 Å². The van der Waals surface area contributed by atoms with Crippen LogP contribution < -0.4 is 4.90 Å². The molecule has 1 nitrogen and oxygen atoms in total. The highest BCUT2D eigenvalue weighted by atomic mass is 15.1. The van der Waals surface area contributed by atoms with Crippen LogP contribution in [0.25, 0.3) is 0 Å². The summed E-state index contributed by atoms with van der Waals surface area (Å²) in [6.07, 6.45) is 13.1. The molecule has 0 amide bonds. The Morgan fingerprint density at radius 3 is 2.14 bits per heavy atom. The molecule has 0 bridgehead atoms. The summed E-state index contributed by atoms with van der Waals surface area (Å²) in [4.78, 5) is 2.34. The van der Waals surface area contributed by atoms with Gasteiger partial charge in [-0.1, -0.05) is 37.0 Å². The van der Waals surface area contributed by atoms with Crippen molar-refractivity contribution in [3.8, 4) is 0 Å². The highest BCUT2D eigenvalue weighted by Gasteiger charge is 2.26. The fourth-order valence-corrected chi connectivity index (χ4v) is 3.03. The van der Waals surface area contributed by atoms with Crippen LogP contribution in [0.1, 0.15) is 27.8 Å². The maximum absolute atomic E-state index is 3.67. The third-order valence-electron chi connectivity index (χ3n) is 4.66. The first-order valence-corrected chi connectivity index (χ1v) is 7.47. The van der Waals surface area contributed by atoms with Gasteiger partial charge in [-0.2, -0.15) is 0 Å². The number of likely N-dealkylation sites (N-methyl/N-ethyl adjacent to an activating group) is 1. The number of hydrogen-bond donors (Lipinski definition) is 0. The van der Waals surface area contributed by atoms with Gasteiger partial charge in [0, 0.05) is 24.9 Å². The molecule has 1 aliphatic rings. The number of hydrogen-bond acceptors (Lipinski definition) is 1. The van der Waals surface area contributed by atoms with Gasteiger partial charge in [0.15, 0.2) is 0 Å². The second-order valence-corrected chi connectivity index (χ2v) is 5.73. The van der Waals surface area contributed by atoms with E-state index in [-0.39, 0.29) is 0 Å². The quantitative estimate of drug-likeness (QED) is 0.696. The molecule has 0 saturated carbocycles. The summed E-state index contributed by atoms with van der Waals surface area (Å²) in [7, 11) is 2.17. The summed E-state index contributed by atoms with van der Waals surface area (Å²) in [6, 6.07) is 0. The minimum Gasteiger partial charge on any atom is -0.347 e. The summed E-state index contributed by atoms with van der Waals surface area (Å²) in [5.41, 5.74) is 9.95. The average Bonchev–Trinajstić information content (AvgIpc) is 2.80. The molecule has 0 unspecified atom stereocenters. The van der Waals surface area contributed by atoms with E-state index in [1.807, 2.05) is 18.2 Å². The van der Waals surface area contributed by atoms with Crippen LogP contribution in [0, 0.1) is 27.7 Å². The first kappa shape index (κ1) is 15.4. The molecule has 1 aliphatic heterocycles. The third-order valence-corrected chi connectivity index (χ3v) is 4.66. The van der Waals surface area contributed by atoms with Gasteiger partial charge in [0.1, 0.15) is 0 Å².